The van der Waals surface area contributed by atoms with Crippen molar-refractivity contribution in [2.24, 2.45) is 0 Å². The average Bonchev–Trinajstić information content (AvgIpc) is 2.82. The summed E-state index contributed by atoms with van der Waals surface area (Å²) in [6.45, 7) is 5.77. The molecule has 0 N–H and O–H groups in total. The molecule has 31 heavy (non-hydrogen) atoms. The van der Waals surface area contributed by atoms with Gasteiger partial charge in [0, 0.05) is 49.0 Å². The molecule has 0 bridgehead atoms. The first-order valence-electron chi connectivity index (χ1n) is 10.9. The topological polar surface area (TPSA) is 24.9 Å². The minimum atomic E-state index is 0.592. The smallest absolute Gasteiger partial charge is 0.169 e. The van der Waals surface area contributed by atoms with Crippen LogP contribution in [0.3, 0.4) is 0 Å². The third kappa shape index (κ3) is 4.10. The fourth-order valence-corrected chi connectivity index (χ4v) is 4.82. The third-order valence-corrected chi connectivity index (χ3v) is 6.56. The van der Waals surface area contributed by atoms with Crippen molar-refractivity contribution < 1.29 is 9.47 Å². The van der Waals surface area contributed by atoms with Crippen molar-refractivity contribution in [2.75, 3.05) is 44.7 Å². The predicted octanol–water partition coefficient (Wildman–Crippen LogP) is 5.27. The van der Waals surface area contributed by atoms with Crippen molar-refractivity contribution in [3.63, 3.8) is 0 Å². The van der Waals surface area contributed by atoms with E-state index in [1.54, 1.807) is 7.11 Å². The summed E-state index contributed by atoms with van der Waals surface area (Å²) < 4.78 is 11.7. The number of rotatable bonds is 5. The van der Waals surface area contributed by atoms with Gasteiger partial charge in [-0.3, -0.25) is 4.90 Å². The first kappa shape index (κ1) is 20.2. The van der Waals surface area contributed by atoms with Crippen molar-refractivity contribution >= 4 is 17.3 Å². The van der Waals surface area contributed by atoms with Gasteiger partial charge in [-0.2, -0.15) is 0 Å². The van der Waals surface area contributed by atoms with E-state index in [1.165, 1.54) is 27.9 Å². The maximum Gasteiger partial charge on any atom is 0.169 e. The molecule has 2 aliphatic heterocycles. The van der Waals surface area contributed by atoms with Crippen LogP contribution in [0.4, 0.5) is 5.69 Å². The van der Waals surface area contributed by atoms with Crippen LogP contribution < -0.4 is 14.4 Å². The highest BCUT2D eigenvalue weighted by Crippen LogP contribution is 2.45. The number of piperazine rings is 1. The molecule has 5 rings (SSSR count). The lowest BCUT2D eigenvalue weighted by Crippen LogP contribution is -2.47. The van der Waals surface area contributed by atoms with E-state index in [-0.39, 0.29) is 0 Å². The molecular formula is C26H27ClN2O2. The van der Waals surface area contributed by atoms with Crippen LogP contribution in [0, 0.1) is 0 Å². The summed E-state index contributed by atoms with van der Waals surface area (Å²) in [5.74, 6) is 1.69. The average molecular weight is 435 g/mol. The van der Waals surface area contributed by atoms with Crippen molar-refractivity contribution in [2.45, 2.75) is 13.0 Å². The highest BCUT2D eigenvalue weighted by atomic mass is 35.5. The lowest BCUT2D eigenvalue weighted by Gasteiger charge is -2.36. The number of hydrogen-bond acceptors (Lipinski definition) is 4. The van der Waals surface area contributed by atoms with E-state index in [2.05, 4.69) is 52.3 Å². The molecule has 0 aromatic heterocycles. The minimum Gasteiger partial charge on any atom is -0.493 e. The number of methoxy groups -OCH3 is 1. The number of benzene rings is 3. The van der Waals surface area contributed by atoms with Gasteiger partial charge < -0.3 is 14.4 Å². The Bertz CT molecular complexity index is 1080. The molecule has 4 nitrogen and oxygen atoms in total. The molecule has 160 valence electrons. The van der Waals surface area contributed by atoms with Crippen LogP contribution in [0.5, 0.6) is 11.5 Å². The van der Waals surface area contributed by atoms with Gasteiger partial charge in [0.05, 0.1) is 7.11 Å². The molecule has 0 spiro atoms. The zero-order valence-electron chi connectivity index (χ0n) is 17.8. The van der Waals surface area contributed by atoms with Gasteiger partial charge in [-0.15, -0.1) is 0 Å². The van der Waals surface area contributed by atoms with Gasteiger partial charge in [-0.05, 0) is 47.4 Å². The summed E-state index contributed by atoms with van der Waals surface area (Å²) in [7, 11) is 1.71. The van der Waals surface area contributed by atoms with Crippen LogP contribution in [0.2, 0.25) is 5.02 Å². The molecule has 2 heterocycles. The summed E-state index contributed by atoms with van der Waals surface area (Å²) in [6.07, 6.45) is 0.987. The second-order valence-corrected chi connectivity index (χ2v) is 8.57. The Kier molecular flexibility index (Phi) is 5.75. The third-order valence-electron chi connectivity index (χ3n) is 6.33. The number of halogens is 1. The van der Waals surface area contributed by atoms with Crippen LogP contribution in [-0.2, 0) is 13.0 Å². The number of anilines is 1. The molecule has 0 saturated carbocycles. The Morgan fingerprint density at radius 2 is 1.81 bits per heavy atom. The Morgan fingerprint density at radius 1 is 0.968 bits per heavy atom. The van der Waals surface area contributed by atoms with Crippen LogP contribution in [0.15, 0.2) is 60.7 Å². The molecule has 0 amide bonds. The molecule has 0 radical (unpaired) electrons. The van der Waals surface area contributed by atoms with E-state index >= 15 is 0 Å². The van der Waals surface area contributed by atoms with E-state index in [4.69, 9.17) is 21.1 Å². The van der Waals surface area contributed by atoms with Gasteiger partial charge in [-0.1, -0.05) is 48.0 Å². The van der Waals surface area contributed by atoms with E-state index in [0.29, 0.717) is 6.61 Å². The van der Waals surface area contributed by atoms with E-state index < -0.39 is 0 Å². The quantitative estimate of drug-likeness (QED) is 0.546. The molecule has 0 atom stereocenters. The standard InChI is InChI=1S/C26H27ClN2O2/c1-30-24-10-9-19(25-23-8-3-2-5-20(23)18-31-26(24)25)11-12-28-13-15-29(16-14-28)22-7-4-6-21(27)17-22/h2-10,17H,11-16,18H2,1H3. The number of nitrogens with zero attached hydrogens (tertiary/aromatic N) is 2. The second kappa shape index (κ2) is 8.81. The van der Waals surface area contributed by atoms with Crippen LogP contribution in [0.25, 0.3) is 11.1 Å². The maximum atomic E-state index is 6.17. The lowest BCUT2D eigenvalue weighted by molar-refractivity contribution is 0.260. The maximum absolute atomic E-state index is 6.17. The Balaban J connectivity index is 1.30. The Hall–Kier alpha value is -2.69. The molecule has 3 aromatic rings. The van der Waals surface area contributed by atoms with Crippen molar-refractivity contribution in [1.29, 1.82) is 0 Å². The summed E-state index contributed by atoms with van der Waals surface area (Å²) in [5.41, 5.74) is 6.23. The van der Waals surface area contributed by atoms with Crippen molar-refractivity contribution in [3.05, 3.63) is 76.8 Å². The second-order valence-electron chi connectivity index (χ2n) is 8.14. The van der Waals surface area contributed by atoms with Crippen molar-refractivity contribution in [1.82, 2.24) is 4.90 Å². The lowest BCUT2D eigenvalue weighted by atomic mass is 9.91. The highest BCUT2D eigenvalue weighted by molar-refractivity contribution is 6.30. The zero-order valence-corrected chi connectivity index (χ0v) is 18.6. The normalized spacial score (nSPS) is 15.7. The first-order valence-corrected chi connectivity index (χ1v) is 11.2. The van der Waals surface area contributed by atoms with Gasteiger partial charge in [0.2, 0.25) is 0 Å². The molecule has 0 unspecified atom stereocenters. The first-order chi connectivity index (χ1) is 15.2. The molecule has 0 aliphatic carbocycles. The molecule has 2 aliphatic rings. The fraction of sp³-hybridized carbons (Fsp3) is 0.308. The largest absolute Gasteiger partial charge is 0.493 e. The zero-order chi connectivity index (χ0) is 21.2. The van der Waals surface area contributed by atoms with Crippen molar-refractivity contribution in [3.8, 4) is 22.6 Å². The van der Waals surface area contributed by atoms with Gasteiger partial charge in [0.25, 0.3) is 0 Å². The van der Waals surface area contributed by atoms with Crippen LogP contribution in [0.1, 0.15) is 11.1 Å². The van der Waals surface area contributed by atoms with Gasteiger partial charge in [-0.25, -0.2) is 0 Å². The number of hydrogen-bond donors (Lipinski definition) is 0. The molecule has 5 heteroatoms. The van der Waals surface area contributed by atoms with E-state index in [1.807, 2.05) is 18.2 Å². The molecule has 1 fully saturated rings. The van der Waals surface area contributed by atoms with Gasteiger partial charge >= 0.3 is 0 Å². The Morgan fingerprint density at radius 3 is 2.61 bits per heavy atom. The van der Waals surface area contributed by atoms with Gasteiger partial charge in [0.15, 0.2) is 11.5 Å². The molecule has 3 aromatic carbocycles. The SMILES string of the molecule is COc1ccc(CCN2CCN(c3cccc(Cl)c3)CC2)c2c1OCc1ccccc1-2. The predicted molar refractivity (Wildman–Crippen MR) is 127 cm³/mol. The summed E-state index contributed by atoms with van der Waals surface area (Å²) in [5, 5.41) is 0.798. The minimum absolute atomic E-state index is 0.592. The number of fused-ring (bicyclic) bond motifs is 3. The highest BCUT2D eigenvalue weighted by Gasteiger charge is 2.24. The van der Waals surface area contributed by atoms with Crippen LogP contribution in [-0.4, -0.2) is 44.7 Å². The Labute approximate surface area is 189 Å². The van der Waals surface area contributed by atoms with E-state index in [9.17, 15) is 0 Å². The van der Waals surface area contributed by atoms with Crippen LogP contribution >= 0.6 is 11.6 Å². The monoisotopic (exact) mass is 434 g/mol. The van der Waals surface area contributed by atoms with E-state index in [0.717, 1.165) is 55.7 Å². The van der Waals surface area contributed by atoms with Gasteiger partial charge in [0.1, 0.15) is 6.61 Å². The summed E-state index contributed by atoms with van der Waals surface area (Å²) >= 11 is 6.17. The molecule has 1 saturated heterocycles. The number of ether oxygens (including phenoxy) is 2. The summed E-state index contributed by atoms with van der Waals surface area (Å²) in [4.78, 5) is 4.97. The summed E-state index contributed by atoms with van der Waals surface area (Å²) in [6, 6.07) is 20.9. The fourth-order valence-electron chi connectivity index (χ4n) is 4.63. The molecular weight excluding hydrogens is 408 g/mol.